The van der Waals surface area contributed by atoms with Crippen LogP contribution in [0.4, 0.5) is 5.69 Å². The summed E-state index contributed by atoms with van der Waals surface area (Å²) in [6, 6.07) is 20.3. The van der Waals surface area contributed by atoms with Gasteiger partial charge in [0, 0.05) is 24.2 Å². The number of carbonyl (C=O) groups is 2. The molecule has 0 radical (unpaired) electrons. The minimum atomic E-state index is -0.177. The van der Waals surface area contributed by atoms with Crippen LogP contribution in [0, 0.1) is 0 Å². The fraction of sp³-hybridized carbons (Fsp3) is 0.231. The van der Waals surface area contributed by atoms with Crippen molar-refractivity contribution in [1.82, 2.24) is 5.32 Å². The molecule has 1 aliphatic rings. The molecule has 3 aromatic rings. The fourth-order valence-corrected chi connectivity index (χ4v) is 3.75. The van der Waals surface area contributed by atoms with E-state index >= 15 is 0 Å². The van der Waals surface area contributed by atoms with E-state index < -0.39 is 0 Å². The molecule has 0 saturated carbocycles. The maximum atomic E-state index is 13.0. The number of rotatable bonds is 8. The number of ether oxygens (including phenoxy) is 3. The molecule has 170 valence electrons. The fourth-order valence-electron chi connectivity index (χ4n) is 3.75. The number of nitrogens with one attached hydrogen (secondary N) is 2. The second-order valence-corrected chi connectivity index (χ2v) is 7.87. The lowest BCUT2D eigenvalue weighted by atomic mass is 9.98. The van der Waals surface area contributed by atoms with Crippen LogP contribution in [0.15, 0.2) is 66.7 Å². The van der Waals surface area contributed by atoms with Crippen LogP contribution < -0.4 is 24.8 Å². The van der Waals surface area contributed by atoms with E-state index in [1.165, 1.54) is 6.92 Å². The highest BCUT2D eigenvalue weighted by Gasteiger charge is 2.19. The Morgan fingerprint density at radius 2 is 1.58 bits per heavy atom. The summed E-state index contributed by atoms with van der Waals surface area (Å²) in [5.41, 5.74) is 3.30. The lowest BCUT2D eigenvalue weighted by molar-refractivity contribution is -0.114. The zero-order chi connectivity index (χ0) is 23.2. The SMILES string of the molecule is COc1ccc(C[C@@H](Cc2ccc3c(c2)OCO3)NC(=O)c2ccc(NC(C)=O)cc2)cc1. The first kappa shape index (κ1) is 22.2. The molecular formula is C26H26N2O5. The van der Waals surface area contributed by atoms with E-state index in [1.54, 1.807) is 31.4 Å². The molecule has 2 amide bonds. The topological polar surface area (TPSA) is 85.9 Å². The number of benzene rings is 3. The standard InChI is InChI=1S/C26H26N2O5/c1-17(29)27-21-8-6-20(7-9-21)26(30)28-22(13-18-3-10-23(31-2)11-4-18)14-19-5-12-24-25(15-19)33-16-32-24/h3-12,15,22H,13-14,16H2,1-2H3,(H,27,29)(H,28,30)/t22-/m0/s1. The van der Waals surface area contributed by atoms with Gasteiger partial charge in [-0.25, -0.2) is 0 Å². The van der Waals surface area contributed by atoms with Gasteiger partial charge in [-0.15, -0.1) is 0 Å². The molecule has 3 aromatic carbocycles. The number of carbonyl (C=O) groups excluding carboxylic acids is 2. The van der Waals surface area contributed by atoms with Crippen LogP contribution in [0.1, 0.15) is 28.4 Å². The van der Waals surface area contributed by atoms with E-state index in [-0.39, 0.29) is 24.6 Å². The zero-order valence-corrected chi connectivity index (χ0v) is 18.6. The van der Waals surface area contributed by atoms with Crippen LogP contribution in [0.3, 0.4) is 0 Å². The molecule has 33 heavy (non-hydrogen) atoms. The van der Waals surface area contributed by atoms with Crippen LogP contribution >= 0.6 is 0 Å². The Morgan fingerprint density at radius 3 is 2.27 bits per heavy atom. The summed E-state index contributed by atoms with van der Waals surface area (Å²) >= 11 is 0. The Kier molecular flexibility index (Phi) is 6.78. The summed E-state index contributed by atoms with van der Waals surface area (Å²) in [6.45, 7) is 1.67. The van der Waals surface area contributed by atoms with E-state index in [0.717, 1.165) is 28.4 Å². The van der Waals surface area contributed by atoms with Crippen molar-refractivity contribution < 1.29 is 23.8 Å². The first-order valence-electron chi connectivity index (χ1n) is 10.7. The van der Waals surface area contributed by atoms with Crippen molar-refractivity contribution in [2.24, 2.45) is 0 Å². The molecule has 0 fully saturated rings. The molecule has 1 heterocycles. The number of methoxy groups -OCH3 is 1. The quantitative estimate of drug-likeness (QED) is 0.547. The van der Waals surface area contributed by atoms with Gasteiger partial charge in [0.1, 0.15) is 5.75 Å². The largest absolute Gasteiger partial charge is 0.497 e. The molecule has 0 saturated heterocycles. The number of fused-ring (bicyclic) bond motifs is 1. The van der Waals surface area contributed by atoms with Gasteiger partial charge in [0.05, 0.1) is 7.11 Å². The van der Waals surface area contributed by atoms with Gasteiger partial charge in [0.2, 0.25) is 12.7 Å². The summed E-state index contributed by atoms with van der Waals surface area (Å²) in [5, 5.41) is 5.86. The predicted octanol–water partition coefficient (Wildman–Crippen LogP) is 3.97. The minimum absolute atomic E-state index is 0.152. The average molecular weight is 447 g/mol. The predicted molar refractivity (Wildman–Crippen MR) is 125 cm³/mol. The van der Waals surface area contributed by atoms with Gasteiger partial charge in [0.25, 0.3) is 5.91 Å². The summed E-state index contributed by atoms with van der Waals surface area (Å²) in [5.74, 6) is 1.90. The van der Waals surface area contributed by atoms with Crippen molar-refractivity contribution in [3.8, 4) is 17.2 Å². The first-order chi connectivity index (χ1) is 16.0. The molecule has 0 spiro atoms. The van der Waals surface area contributed by atoms with Crippen molar-refractivity contribution in [3.63, 3.8) is 0 Å². The number of anilines is 1. The molecule has 1 atom stereocenters. The number of hydrogen-bond donors (Lipinski definition) is 2. The number of amides is 2. The van der Waals surface area contributed by atoms with Crippen LogP contribution in [-0.4, -0.2) is 31.8 Å². The van der Waals surface area contributed by atoms with Crippen molar-refractivity contribution in [2.45, 2.75) is 25.8 Å². The molecule has 2 N–H and O–H groups in total. The van der Waals surface area contributed by atoms with Gasteiger partial charge >= 0.3 is 0 Å². The maximum Gasteiger partial charge on any atom is 0.251 e. The smallest absolute Gasteiger partial charge is 0.251 e. The third kappa shape index (κ3) is 5.83. The van der Waals surface area contributed by atoms with E-state index in [0.29, 0.717) is 24.1 Å². The summed E-state index contributed by atoms with van der Waals surface area (Å²) < 4.78 is 16.1. The van der Waals surface area contributed by atoms with Crippen molar-refractivity contribution in [2.75, 3.05) is 19.2 Å². The van der Waals surface area contributed by atoms with Crippen LogP contribution in [0.25, 0.3) is 0 Å². The Bertz CT molecular complexity index is 1130. The molecule has 7 nitrogen and oxygen atoms in total. The summed E-state index contributed by atoms with van der Waals surface area (Å²) in [4.78, 5) is 24.2. The van der Waals surface area contributed by atoms with Gasteiger partial charge in [-0.1, -0.05) is 18.2 Å². The molecule has 0 bridgehead atoms. The van der Waals surface area contributed by atoms with Crippen LogP contribution in [-0.2, 0) is 17.6 Å². The van der Waals surface area contributed by atoms with Gasteiger partial charge < -0.3 is 24.8 Å². The van der Waals surface area contributed by atoms with Crippen LogP contribution in [0.5, 0.6) is 17.2 Å². The highest BCUT2D eigenvalue weighted by Crippen LogP contribution is 2.33. The van der Waals surface area contributed by atoms with E-state index in [2.05, 4.69) is 10.6 Å². The van der Waals surface area contributed by atoms with E-state index in [1.807, 2.05) is 42.5 Å². The third-order valence-corrected chi connectivity index (χ3v) is 5.36. The highest BCUT2D eigenvalue weighted by molar-refractivity contribution is 5.95. The normalized spacial score (nSPS) is 12.7. The van der Waals surface area contributed by atoms with Crippen molar-refractivity contribution in [3.05, 3.63) is 83.4 Å². The summed E-state index contributed by atoms with van der Waals surface area (Å²) in [6.07, 6.45) is 1.27. The Balaban J connectivity index is 1.50. The molecule has 7 heteroatoms. The van der Waals surface area contributed by atoms with Gasteiger partial charge in [0.15, 0.2) is 11.5 Å². The first-order valence-corrected chi connectivity index (χ1v) is 10.7. The zero-order valence-electron chi connectivity index (χ0n) is 18.6. The van der Waals surface area contributed by atoms with Gasteiger partial charge in [-0.3, -0.25) is 9.59 Å². The Labute approximate surface area is 192 Å². The lowest BCUT2D eigenvalue weighted by Crippen LogP contribution is -2.38. The molecular weight excluding hydrogens is 420 g/mol. The Hall–Kier alpha value is -4.00. The van der Waals surface area contributed by atoms with Gasteiger partial charge in [-0.2, -0.15) is 0 Å². The Morgan fingerprint density at radius 1 is 0.909 bits per heavy atom. The second kappa shape index (κ2) is 10.1. The number of hydrogen-bond acceptors (Lipinski definition) is 5. The molecule has 0 unspecified atom stereocenters. The van der Waals surface area contributed by atoms with E-state index in [9.17, 15) is 9.59 Å². The highest BCUT2D eigenvalue weighted by atomic mass is 16.7. The summed E-state index contributed by atoms with van der Waals surface area (Å²) in [7, 11) is 1.63. The molecule has 4 rings (SSSR count). The van der Waals surface area contributed by atoms with Crippen LogP contribution in [0.2, 0.25) is 0 Å². The lowest BCUT2D eigenvalue weighted by Gasteiger charge is -2.20. The van der Waals surface area contributed by atoms with Crippen molar-refractivity contribution in [1.29, 1.82) is 0 Å². The second-order valence-electron chi connectivity index (χ2n) is 7.87. The monoisotopic (exact) mass is 446 g/mol. The third-order valence-electron chi connectivity index (χ3n) is 5.36. The van der Waals surface area contributed by atoms with E-state index in [4.69, 9.17) is 14.2 Å². The molecule has 0 aliphatic carbocycles. The van der Waals surface area contributed by atoms with Gasteiger partial charge in [-0.05, 0) is 72.5 Å². The average Bonchev–Trinajstić information content (AvgIpc) is 3.27. The minimum Gasteiger partial charge on any atom is -0.497 e. The molecule has 1 aliphatic heterocycles. The maximum absolute atomic E-state index is 13.0. The molecule has 0 aromatic heterocycles. The van der Waals surface area contributed by atoms with Crippen molar-refractivity contribution >= 4 is 17.5 Å².